The number of nitrogens with one attached hydrogen (secondary N) is 1. The van der Waals surface area contributed by atoms with Crippen LogP contribution in [0.15, 0.2) is 60.9 Å². The van der Waals surface area contributed by atoms with Gasteiger partial charge in [-0.1, -0.05) is 42.5 Å². The van der Waals surface area contributed by atoms with Crippen molar-refractivity contribution in [2.45, 2.75) is 26.8 Å². The predicted octanol–water partition coefficient (Wildman–Crippen LogP) is 4.51. The van der Waals surface area contributed by atoms with E-state index in [4.69, 9.17) is 0 Å². The van der Waals surface area contributed by atoms with E-state index in [1.807, 2.05) is 44.3 Å². The van der Waals surface area contributed by atoms with Crippen molar-refractivity contribution in [2.24, 2.45) is 0 Å². The molecule has 1 aromatic heterocycles. The summed E-state index contributed by atoms with van der Waals surface area (Å²) in [6.07, 6.45) is 4.48. The third kappa shape index (κ3) is 3.56. The van der Waals surface area contributed by atoms with Gasteiger partial charge in [0.05, 0.1) is 17.4 Å². The van der Waals surface area contributed by atoms with Gasteiger partial charge in [-0.05, 0) is 48.6 Å². The molecule has 1 N–H and O–H groups in total. The fourth-order valence-electron chi connectivity index (χ4n) is 3.64. The second-order valence-corrected chi connectivity index (χ2v) is 7.09. The standard InChI is InChI=1S/C23H23N3O/c1-16-6-5-7-17(2)22(16)25-23(27)20-12-21(14-24-13-20)26-11-10-18-8-3-4-9-19(18)15-26/h3-9,12-14H,10-11,15H2,1-2H3,(H,25,27). The number of anilines is 2. The summed E-state index contributed by atoms with van der Waals surface area (Å²) in [6.45, 7) is 5.78. The number of para-hydroxylation sites is 1. The zero-order valence-electron chi connectivity index (χ0n) is 15.7. The van der Waals surface area contributed by atoms with Crippen LogP contribution in [0.25, 0.3) is 0 Å². The molecule has 136 valence electrons. The van der Waals surface area contributed by atoms with Gasteiger partial charge in [-0.25, -0.2) is 0 Å². The van der Waals surface area contributed by atoms with Crippen LogP contribution in [-0.4, -0.2) is 17.4 Å². The van der Waals surface area contributed by atoms with Crippen molar-refractivity contribution >= 4 is 17.3 Å². The molecule has 0 bridgehead atoms. The third-order valence-electron chi connectivity index (χ3n) is 5.20. The molecular formula is C23H23N3O. The molecule has 4 rings (SSSR count). The van der Waals surface area contributed by atoms with E-state index in [-0.39, 0.29) is 5.91 Å². The molecule has 0 saturated heterocycles. The molecule has 0 fully saturated rings. The highest BCUT2D eigenvalue weighted by molar-refractivity contribution is 6.05. The quantitative estimate of drug-likeness (QED) is 0.750. The zero-order valence-corrected chi connectivity index (χ0v) is 15.7. The molecule has 0 aliphatic carbocycles. The number of aryl methyl sites for hydroxylation is 2. The normalized spacial score (nSPS) is 13.2. The lowest BCUT2D eigenvalue weighted by Crippen LogP contribution is -2.30. The zero-order chi connectivity index (χ0) is 18.8. The topological polar surface area (TPSA) is 45.2 Å². The monoisotopic (exact) mass is 357 g/mol. The number of amides is 1. The first-order valence-electron chi connectivity index (χ1n) is 9.26. The van der Waals surface area contributed by atoms with Crippen molar-refractivity contribution < 1.29 is 4.79 Å². The summed E-state index contributed by atoms with van der Waals surface area (Å²) < 4.78 is 0. The van der Waals surface area contributed by atoms with E-state index >= 15 is 0 Å². The summed E-state index contributed by atoms with van der Waals surface area (Å²) in [4.78, 5) is 19.4. The van der Waals surface area contributed by atoms with Crippen LogP contribution in [0, 0.1) is 13.8 Å². The molecular weight excluding hydrogens is 334 g/mol. The Kier molecular flexibility index (Phi) is 4.63. The van der Waals surface area contributed by atoms with Crippen LogP contribution < -0.4 is 10.2 Å². The van der Waals surface area contributed by atoms with Crippen LogP contribution in [-0.2, 0) is 13.0 Å². The van der Waals surface area contributed by atoms with Crippen molar-refractivity contribution in [3.63, 3.8) is 0 Å². The number of carbonyl (C=O) groups is 1. The minimum absolute atomic E-state index is 0.126. The fourth-order valence-corrected chi connectivity index (χ4v) is 3.64. The van der Waals surface area contributed by atoms with Crippen LogP contribution >= 0.6 is 0 Å². The lowest BCUT2D eigenvalue weighted by Gasteiger charge is -2.30. The van der Waals surface area contributed by atoms with Gasteiger partial charge in [-0.15, -0.1) is 0 Å². The number of aromatic nitrogens is 1. The van der Waals surface area contributed by atoms with Crippen molar-refractivity contribution in [2.75, 3.05) is 16.8 Å². The Morgan fingerprint density at radius 3 is 2.52 bits per heavy atom. The van der Waals surface area contributed by atoms with E-state index in [1.54, 1.807) is 6.20 Å². The molecule has 0 atom stereocenters. The summed E-state index contributed by atoms with van der Waals surface area (Å²) in [5.41, 5.74) is 7.30. The van der Waals surface area contributed by atoms with Gasteiger partial charge in [0.15, 0.2) is 0 Å². The predicted molar refractivity (Wildman–Crippen MR) is 109 cm³/mol. The summed E-state index contributed by atoms with van der Waals surface area (Å²) in [6, 6.07) is 16.5. The van der Waals surface area contributed by atoms with Gasteiger partial charge in [0.2, 0.25) is 0 Å². The molecule has 1 amide bonds. The summed E-state index contributed by atoms with van der Waals surface area (Å²) in [7, 11) is 0. The number of nitrogens with zero attached hydrogens (tertiary/aromatic N) is 2. The number of carbonyl (C=O) groups excluding carboxylic acids is 1. The van der Waals surface area contributed by atoms with Crippen molar-refractivity contribution in [3.8, 4) is 0 Å². The van der Waals surface area contributed by atoms with E-state index in [1.165, 1.54) is 11.1 Å². The molecule has 0 unspecified atom stereocenters. The third-order valence-corrected chi connectivity index (χ3v) is 5.20. The van der Waals surface area contributed by atoms with Gasteiger partial charge in [-0.2, -0.15) is 0 Å². The maximum atomic E-state index is 12.8. The highest BCUT2D eigenvalue weighted by Gasteiger charge is 2.18. The average Bonchev–Trinajstić information content (AvgIpc) is 2.70. The van der Waals surface area contributed by atoms with Gasteiger partial charge < -0.3 is 10.2 Å². The highest BCUT2D eigenvalue weighted by atomic mass is 16.1. The smallest absolute Gasteiger partial charge is 0.257 e. The molecule has 4 heteroatoms. The van der Waals surface area contributed by atoms with Gasteiger partial charge in [0.1, 0.15) is 0 Å². The fraction of sp³-hybridized carbons (Fsp3) is 0.217. The maximum absolute atomic E-state index is 12.8. The second-order valence-electron chi connectivity index (χ2n) is 7.09. The Hall–Kier alpha value is -3.14. The van der Waals surface area contributed by atoms with E-state index in [0.717, 1.165) is 42.0 Å². The van der Waals surface area contributed by atoms with Crippen LogP contribution in [0.1, 0.15) is 32.6 Å². The van der Waals surface area contributed by atoms with Crippen LogP contribution in [0.3, 0.4) is 0 Å². The number of benzene rings is 2. The van der Waals surface area contributed by atoms with Crippen molar-refractivity contribution in [1.82, 2.24) is 4.98 Å². The first-order chi connectivity index (χ1) is 13.1. The highest BCUT2D eigenvalue weighted by Crippen LogP contribution is 2.25. The lowest BCUT2D eigenvalue weighted by atomic mass is 9.99. The minimum Gasteiger partial charge on any atom is -0.366 e. The first-order valence-corrected chi connectivity index (χ1v) is 9.26. The SMILES string of the molecule is Cc1cccc(C)c1NC(=O)c1cncc(N2CCc3ccccc3C2)c1. The number of hydrogen-bond acceptors (Lipinski definition) is 3. The molecule has 4 nitrogen and oxygen atoms in total. The Labute approximate surface area is 159 Å². The molecule has 0 spiro atoms. The molecule has 1 aliphatic heterocycles. The molecule has 1 aliphatic rings. The van der Waals surface area contributed by atoms with Crippen LogP contribution in [0.4, 0.5) is 11.4 Å². The molecule has 2 aromatic carbocycles. The maximum Gasteiger partial charge on any atom is 0.257 e. The van der Waals surface area contributed by atoms with Crippen molar-refractivity contribution in [3.05, 3.63) is 88.7 Å². The van der Waals surface area contributed by atoms with E-state index in [9.17, 15) is 4.79 Å². The Morgan fingerprint density at radius 2 is 1.74 bits per heavy atom. The van der Waals surface area contributed by atoms with Gasteiger partial charge >= 0.3 is 0 Å². The van der Waals surface area contributed by atoms with E-state index in [2.05, 4.69) is 39.5 Å². The Morgan fingerprint density at radius 1 is 1.00 bits per heavy atom. The molecule has 0 radical (unpaired) electrons. The second kappa shape index (κ2) is 7.23. The molecule has 27 heavy (non-hydrogen) atoms. The molecule has 0 saturated carbocycles. The summed E-state index contributed by atoms with van der Waals surface area (Å²) >= 11 is 0. The number of pyridine rings is 1. The Balaban J connectivity index is 1.55. The van der Waals surface area contributed by atoms with Gasteiger partial charge in [0.25, 0.3) is 5.91 Å². The number of rotatable bonds is 3. The lowest BCUT2D eigenvalue weighted by molar-refractivity contribution is 0.102. The van der Waals surface area contributed by atoms with Crippen molar-refractivity contribution in [1.29, 1.82) is 0 Å². The van der Waals surface area contributed by atoms with Crippen LogP contribution in [0.2, 0.25) is 0 Å². The molecule has 3 aromatic rings. The number of hydrogen-bond donors (Lipinski definition) is 1. The van der Waals surface area contributed by atoms with Gasteiger partial charge in [-0.3, -0.25) is 9.78 Å². The van der Waals surface area contributed by atoms with Crippen LogP contribution in [0.5, 0.6) is 0 Å². The first kappa shape index (κ1) is 17.3. The summed E-state index contributed by atoms with van der Waals surface area (Å²) in [5.74, 6) is -0.126. The van der Waals surface area contributed by atoms with E-state index < -0.39 is 0 Å². The average molecular weight is 357 g/mol. The Bertz CT molecular complexity index is 976. The minimum atomic E-state index is -0.126. The van der Waals surface area contributed by atoms with Gasteiger partial charge in [0, 0.05) is 25.0 Å². The number of fused-ring (bicyclic) bond motifs is 1. The molecule has 2 heterocycles. The van der Waals surface area contributed by atoms with E-state index in [0.29, 0.717) is 5.56 Å². The summed E-state index contributed by atoms with van der Waals surface area (Å²) in [5, 5.41) is 3.04. The largest absolute Gasteiger partial charge is 0.366 e.